The van der Waals surface area contributed by atoms with Gasteiger partial charge in [0.15, 0.2) is 5.54 Å². The van der Waals surface area contributed by atoms with Gasteiger partial charge in [-0.15, -0.1) is 0 Å². The van der Waals surface area contributed by atoms with E-state index in [9.17, 15) is 9.59 Å². The summed E-state index contributed by atoms with van der Waals surface area (Å²) in [5, 5.41) is 7.17. The van der Waals surface area contributed by atoms with Gasteiger partial charge in [0.2, 0.25) is 0 Å². The summed E-state index contributed by atoms with van der Waals surface area (Å²) in [5.41, 5.74) is 2.08. The van der Waals surface area contributed by atoms with Crippen molar-refractivity contribution in [3.8, 4) is 0 Å². The number of rotatable bonds is 0. The average molecular weight is 223 g/mol. The normalized spacial score (nSPS) is 41.1. The summed E-state index contributed by atoms with van der Waals surface area (Å²) in [6.45, 7) is 0.651. The molecule has 2 N–H and O–H groups in total. The number of hydrazone groups is 1. The van der Waals surface area contributed by atoms with Crippen LogP contribution in [0.5, 0.6) is 0 Å². The molecule has 16 heavy (non-hydrogen) atoms. The van der Waals surface area contributed by atoms with E-state index in [-0.39, 0.29) is 24.0 Å². The average Bonchev–Trinajstić information content (AvgIpc) is 2.81. The molecule has 0 aromatic heterocycles. The Morgan fingerprint density at radius 3 is 3.00 bits per heavy atom. The van der Waals surface area contributed by atoms with E-state index in [0.717, 1.165) is 4.90 Å². The third-order valence-corrected chi connectivity index (χ3v) is 3.69. The fourth-order valence-electron chi connectivity index (χ4n) is 2.79. The molecule has 0 bridgehead atoms. The van der Waals surface area contributed by atoms with Gasteiger partial charge in [0.1, 0.15) is 6.17 Å². The third-order valence-electron chi connectivity index (χ3n) is 3.69. The van der Waals surface area contributed by atoms with Crippen molar-refractivity contribution in [3.05, 3.63) is 0 Å². The number of carbonyl (C=O) groups excluding carboxylic acids is 2. The van der Waals surface area contributed by atoms with Gasteiger partial charge in [0, 0.05) is 32.8 Å². The smallest absolute Gasteiger partial charge is 0.309 e. The molecule has 0 radical (unpaired) electrons. The summed E-state index contributed by atoms with van der Waals surface area (Å²) in [7, 11) is 3.19. The Hall–Kier alpha value is -1.63. The van der Waals surface area contributed by atoms with Gasteiger partial charge in [0.25, 0.3) is 5.91 Å². The zero-order valence-corrected chi connectivity index (χ0v) is 9.10. The molecule has 0 aliphatic carbocycles. The van der Waals surface area contributed by atoms with E-state index in [0.29, 0.717) is 6.54 Å². The fraction of sp³-hybridized carbons (Fsp3) is 0.667. The van der Waals surface area contributed by atoms with Crippen molar-refractivity contribution < 1.29 is 9.59 Å². The van der Waals surface area contributed by atoms with E-state index in [4.69, 9.17) is 0 Å². The molecule has 3 amide bonds. The van der Waals surface area contributed by atoms with Crippen molar-refractivity contribution in [1.29, 1.82) is 0 Å². The standard InChI is InChI=1S/C9H13N5O2/c1-13-6-9(7(15)14(2)8(13)16)5(3-10-6)4-11-12-9/h4-6,10,12H,3H2,1-2H3/t5-,6-,9?/m0/s1. The Morgan fingerprint density at radius 1 is 1.50 bits per heavy atom. The van der Waals surface area contributed by atoms with E-state index >= 15 is 0 Å². The van der Waals surface area contributed by atoms with Crippen molar-refractivity contribution >= 4 is 18.2 Å². The molecule has 3 aliphatic rings. The number of hydrogen-bond donors (Lipinski definition) is 2. The van der Waals surface area contributed by atoms with Crippen LogP contribution >= 0.6 is 0 Å². The van der Waals surface area contributed by atoms with Crippen LogP contribution in [0.2, 0.25) is 0 Å². The maximum Gasteiger partial charge on any atom is 0.327 e. The van der Waals surface area contributed by atoms with Gasteiger partial charge in [-0.3, -0.25) is 20.4 Å². The van der Waals surface area contributed by atoms with Crippen LogP contribution in [0, 0.1) is 5.92 Å². The lowest BCUT2D eigenvalue weighted by molar-refractivity contribution is -0.140. The number of imide groups is 1. The van der Waals surface area contributed by atoms with Crippen molar-refractivity contribution in [2.24, 2.45) is 11.0 Å². The van der Waals surface area contributed by atoms with Crippen LogP contribution in [-0.4, -0.2) is 60.3 Å². The molecule has 86 valence electrons. The largest absolute Gasteiger partial charge is 0.327 e. The molecule has 0 aromatic carbocycles. The molecule has 1 spiro atoms. The van der Waals surface area contributed by atoms with Gasteiger partial charge in [-0.25, -0.2) is 4.79 Å². The molecule has 2 fully saturated rings. The fourth-order valence-corrected chi connectivity index (χ4v) is 2.79. The maximum atomic E-state index is 12.3. The first-order valence-corrected chi connectivity index (χ1v) is 5.17. The van der Waals surface area contributed by atoms with Crippen LogP contribution < -0.4 is 10.7 Å². The monoisotopic (exact) mass is 223 g/mol. The minimum atomic E-state index is -0.808. The number of carbonyl (C=O) groups is 2. The lowest BCUT2D eigenvalue weighted by atomic mass is 9.84. The van der Waals surface area contributed by atoms with E-state index in [1.165, 1.54) is 7.05 Å². The van der Waals surface area contributed by atoms with Crippen molar-refractivity contribution in [2.75, 3.05) is 20.6 Å². The second-order valence-corrected chi connectivity index (χ2v) is 4.43. The second kappa shape index (κ2) is 2.73. The van der Waals surface area contributed by atoms with Crippen molar-refractivity contribution in [1.82, 2.24) is 20.5 Å². The molecule has 2 saturated heterocycles. The highest BCUT2D eigenvalue weighted by atomic mass is 16.2. The molecular weight excluding hydrogens is 210 g/mol. The molecular formula is C9H13N5O2. The summed E-state index contributed by atoms with van der Waals surface area (Å²) < 4.78 is 0. The minimum absolute atomic E-state index is 0.00278. The highest BCUT2D eigenvalue weighted by molar-refractivity contribution is 6.05. The summed E-state index contributed by atoms with van der Waals surface area (Å²) >= 11 is 0. The topological polar surface area (TPSA) is 77.0 Å². The number of hydrogen-bond acceptors (Lipinski definition) is 5. The lowest BCUT2D eigenvalue weighted by Crippen LogP contribution is -2.74. The second-order valence-electron chi connectivity index (χ2n) is 4.43. The molecule has 3 aliphatic heterocycles. The molecule has 3 heterocycles. The summed E-state index contributed by atoms with van der Waals surface area (Å²) in [5.74, 6) is -0.212. The number of urea groups is 1. The van der Waals surface area contributed by atoms with Crippen molar-refractivity contribution in [3.63, 3.8) is 0 Å². The van der Waals surface area contributed by atoms with E-state index in [1.807, 2.05) is 0 Å². The van der Waals surface area contributed by atoms with E-state index in [1.54, 1.807) is 18.2 Å². The molecule has 0 aromatic rings. The molecule has 7 nitrogen and oxygen atoms in total. The molecule has 3 rings (SSSR count). The first kappa shape index (κ1) is 9.59. The molecule has 0 saturated carbocycles. The van der Waals surface area contributed by atoms with Gasteiger partial charge in [-0.1, -0.05) is 0 Å². The Balaban J connectivity index is 2.09. The highest BCUT2D eigenvalue weighted by Gasteiger charge is 2.64. The zero-order chi connectivity index (χ0) is 11.5. The SMILES string of the molecule is CN1C(=O)N(C)[C@@H]2NC[C@H]3C=NNC32C1=O. The number of nitrogens with one attached hydrogen (secondary N) is 2. The van der Waals surface area contributed by atoms with Crippen LogP contribution in [0.1, 0.15) is 0 Å². The Morgan fingerprint density at radius 2 is 2.25 bits per heavy atom. The van der Waals surface area contributed by atoms with Crippen LogP contribution in [0.3, 0.4) is 0 Å². The molecule has 1 unspecified atom stereocenters. The Bertz CT molecular complexity index is 409. The van der Waals surface area contributed by atoms with Crippen LogP contribution in [-0.2, 0) is 4.79 Å². The minimum Gasteiger partial charge on any atom is -0.309 e. The van der Waals surface area contributed by atoms with Gasteiger partial charge in [0.05, 0.1) is 0 Å². The summed E-state index contributed by atoms with van der Waals surface area (Å²) in [6, 6.07) is -0.289. The molecule has 3 atom stereocenters. The van der Waals surface area contributed by atoms with Gasteiger partial charge >= 0.3 is 6.03 Å². The van der Waals surface area contributed by atoms with Crippen LogP contribution in [0.15, 0.2) is 5.10 Å². The van der Waals surface area contributed by atoms with Gasteiger partial charge in [-0.2, -0.15) is 5.10 Å². The Labute approximate surface area is 92.4 Å². The summed E-state index contributed by atoms with van der Waals surface area (Å²) in [6.07, 6.45) is 1.42. The number of amides is 3. The van der Waals surface area contributed by atoms with Crippen LogP contribution in [0.4, 0.5) is 4.79 Å². The van der Waals surface area contributed by atoms with E-state index in [2.05, 4.69) is 15.8 Å². The quantitative estimate of drug-likeness (QED) is 0.517. The Kier molecular flexibility index (Phi) is 1.64. The highest BCUT2D eigenvalue weighted by Crippen LogP contribution is 2.36. The van der Waals surface area contributed by atoms with Gasteiger partial charge < -0.3 is 4.90 Å². The third kappa shape index (κ3) is 0.812. The molecule has 7 heteroatoms. The van der Waals surface area contributed by atoms with Crippen molar-refractivity contribution in [2.45, 2.75) is 11.7 Å². The lowest BCUT2D eigenvalue weighted by Gasteiger charge is -2.45. The predicted molar refractivity (Wildman–Crippen MR) is 55.6 cm³/mol. The first-order chi connectivity index (χ1) is 7.59. The first-order valence-electron chi connectivity index (χ1n) is 5.17. The summed E-state index contributed by atoms with van der Waals surface area (Å²) in [4.78, 5) is 26.7. The number of nitrogens with zero attached hydrogens (tertiary/aromatic N) is 3. The number of likely N-dealkylation sites (N-methyl/N-ethyl adjacent to an activating group) is 2. The zero-order valence-electron chi connectivity index (χ0n) is 9.10. The van der Waals surface area contributed by atoms with Crippen LogP contribution in [0.25, 0.3) is 0 Å². The van der Waals surface area contributed by atoms with E-state index < -0.39 is 5.54 Å². The van der Waals surface area contributed by atoms with Gasteiger partial charge in [-0.05, 0) is 0 Å². The maximum absolute atomic E-state index is 12.3. The predicted octanol–water partition coefficient (Wildman–Crippen LogP) is -1.62.